The SMILES string of the molecule is CCCCCCCCC[N+](C)(C)CCCCBr.Cc1ccc(S(=O)(=O)[O-])cc1. The molecule has 0 amide bonds. The first-order valence-electron chi connectivity index (χ1n) is 10.5. The van der Waals surface area contributed by atoms with Crippen molar-refractivity contribution in [2.75, 3.05) is 32.5 Å². The lowest BCUT2D eigenvalue weighted by atomic mass is 10.1. The lowest BCUT2D eigenvalue weighted by Crippen LogP contribution is -2.41. The van der Waals surface area contributed by atoms with Gasteiger partial charge in [-0.3, -0.25) is 0 Å². The molecule has 0 aromatic heterocycles. The first kappa shape index (κ1) is 27.6. The molecule has 28 heavy (non-hydrogen) atoms. The Morgan fingerprint density at radius 3 is 1.79 bits per heavy atom. The summed E-state index contributed by atoms with van der Waals surface area (Å²) < 4.78 is 32.4. The minimum atomic E-state index is -4.27. The summed E-state index contributed by atoms with van der Waals surface area (Å²) in [6.45, 7) is 6.80. The highest BCUT2D eigenvalue weighted by Gasteiger charge is 2.13. The maximum atomic E-state index is 10.4. The maximum absolute atomic E-state index is 10.4. The first-order chi connectivity index (χ1) is 13.1. The summed E-state index contributed by atoms with van der Waals surface area (Å²) in [5.74, 6) is 0. The van der Waals surface area contributed by atoms with Crippen molar-refractivity contribution in [2.45, 2.75) is 76.5 Å². The number of halogens is 1. The van der Waals surface area contributed by atoms with Crippen molar-refractivity contribution in [3.63, 3.8) is 0 Å². The lowest BCUT2D eigenvalue weighted by Gasteiger charge is -2.29. The van der Waals surface area contributed by atoms with Gasteiger partial charge in [-0.1, -0.05) is 72.7 Å². The molecule has 1 aromatic rings. The van der Waals surface area contributed by atoms with E-state index in [2.05, 4.69) is 36.9 Å². The summed E-state index contributed by atoms with van der Waals surface area (Å²) in [6, 6.07) is 5.78. The van der Waals surface area contributed by atoms with Crippen LogP contribution in [0.2, 0.25) is 0 Å². The van der Waals surface area contributed by atoms with Crippen LogP contribution in [0.3, 0.4) is 0 Å². The molecular formula is C22H40BrNO3S. The summed E-state index contributed by atoms with van der Waals surface area (Å²) in [5, 5.41) is 1.16. The third-order valence-electron chi connectivity index (χ3n) is 4.82. The van der Waals surface area contributed by atoms with E-state index in [1.54, 1.807) is 12.1 Å². The van der Waals surface area contributed by atoms with Gasteiger partial charge < -0.3 is 9.04 Å². The van der Waals surface area contributed by atoms with E-state index in [4.69, 9.17) is 0 Å². The van der Waals surface area contributed by atoms with E-state index < -0.39 is 10.1 Å². The lowest BCUT2D eigenvalue weighted by molar-refractivity contribution is -0.890. The van der Waals surface area contributed by atoms with E-state index in [0.29, 0.717) is 0 Å². The molecule has 0 bridgehead atoms. The molecule has 0 N–H and O–H groups in total. The Kier molecular flexibility index (Phi) is 15.2. The molecule has 0 fully saturated rings. The van der Waals surface area contributed by atoms with Crippen LogP contribution in [0.25, 0.3) is 0 Å². The second-order valence-corrected chi connectivity index (χ2v) is 10.3. The predicted octanol–water partition coefficient (Wildman–Crippen LogP) is 5.89. The number of aryl methyl sites for hydroxylation is 1. The predicted molar refractivity (Wildman–Crippen MR) is 122 cm³/mol. The van der Waals surface area contributed by atoms with Crippen LogP contribution in [0.1, 0.15) is 70.3 Å². The van der Waals surface area contributed by atoms with E-state index in [9.17, 15) is 13.0 Å². The minimum Gasteiger partial charge on any atom is -0.744 e. The van der Waals surface area contributed by atoms with Crippen LogP contribution in [0.4, 0.5) is 0 Å². The average molecular weight is 479 g/mol. The smallest absolute Gasteiger partial charge is 0.124 e. The van der Waals surface area contributed by atoms with Crippen molar-refractivity contribution in [1.82, 2.24) is 0 Å². The van der Waals surface area contributed by atoms with Crippen molar-refractivity contribution in [2.24, 2.45) is 0 Å². The molecule has 6 heteroatoms. The second-order valence-electron chi connectivity index (χ2n) is 8.17. The molecule has 0 radical (unpaired) electrons. The molecule has 1 rings (SSSR count). The van der Waals surface area contributed by atoms with Crippen molar-refractivity contribution < 1.29 is 17.5 Å². The molecule has 0 aliphatic rings. The first-order valence-corrected chi connectivity index (χ1v) is 13.1. The van der Waals surface area contributed by atoms with Crippen LogP contribution >= 0.6 is 15.9 Å². The Morgan fingerprint density at radius 2 is 1.32 bits per heavy atom. The van der Waals surface area contributed by atoms with Gasteiger partial charge in [0.25, 0.3) is 0 Å². The van der Waals surface area contributed by atoms with Crippen molar-refractivity contribution >= 4 is 26.0 Å². The van der Waals surface area contributed by atoms with E-state index >= 15 is 0 Å². The Bertz CT molecular complexity index is 601. The molecule has 0 atom stereocenters. The standard InChI is InChI=1S/C15H33BrN.C7H8O3S/c1-4-5-6-7-8-9-11-14-17(2,3)15-12-10-13-16;1-6-2-4-7(5-3-6)11(8,9)10/h4-15H2,1-3H3;2-5H,1H3,(H,8,9,10)/q+1;/p-1. The maximum Gasteiger partial charge on any atom is 0.124 e. The van der Waals surface area contributed by atoms with Gasteiger partial charge in [-0.05, 0) is 44.7 Å². The third-order valence-corrected chi connectivity index (χ3v) is 6.23. The van der Waals surface area contributed by atoms with Gasteiger partial charge in [-0.2, -0.15) is 0 Å². The molecule has 0 unspecified atom stereocenters. The van der Waals surface area contributed by atoms with Crippen molar-refractivity contribution in [1.29, 1.82) is 0 Å². The van der Waals surface area contributed by atoms with Crippen LogP contribution in [0.15, 0.2) is 29.2 Å². The number of hydrogen-bond donors (Lipinski definition) is 0. The fraction of sp³-hybridized carbons (Fsp3) is 0.727. The summed E-state index contributed by atoms with van der Waals surface area (Å²) in [6.07, 6.45) is 12.6. The van der Waals surface area contributed by atoms with Crippen molar-refractivity contribution in [3.8, 4) is 0 Å². The largest absolute Gasteiger partial charge is 0.744 e. The fourth-order valence-corrected chi connectivity index (χ4v) is 3.81. The van der Waals surface area contributed by atoms with Crippen LogP contribution in [-0.2, 0) is 10.1 Å². The summed E-state index contributed by atoms with van der Waals surface area (Å²) in [4.78, 5) is -0.178. The number of quaternary nitrogens is 1. The molecule has 1 aromatic carbocycles. The molecule has 0 aliphatic carbocycles. The topological polar surface area (TPSA) is 57.2 Å². The molecule has 0 saturated carbocycles. The highest BCUT2D eigenvalue weighted by atomic mass is 79.9. The zero-order valence-corrected chi connectivity index (χ0v) is 20.7. The second kappa shape index (κ2) is 15.4. The van der Waals surface area contributed by atoms with E-state index in [1.807, 2.05) is 6.92 Å². The van der Waals surface area contributed by atoms with Crippen LogP contribution in [-0.4, -0.2) is 50.0 Å². The number of hydrogen-bond acceptors (Lipinski definition) is 3. The summed E-state index contributed by atoms with van der Waals surface area (Å²) in [7, 11) is 0.491. The minimum absolute atomic E-state index is 0.178. The average Bonchev–Trinajstić information content (AvgIpc) is 2.61. The van der Waals surface area contributed by atoms with Gasteiger partial charge in [-0.25, -0.2) is 8.42 Å². The van der Waals surface area contributed by atoms with Gasteiger partial charge in [0.15, 0.2) is 0 Å². The highest BCUT2D eigenvalue weighted by molar-refractivity contribution is 9.09. The fourth-order valence-electron chi connectivity index (χ4n) is 2.95. The zero-order chi connectivity index (χ0) is 21.5. The van der Waals surface area contributed by atoms with Gasteiger partial charge in [0.1, 0.15) is 10.1 Å². The van der Waals surface area contributed by atoms with E-state index in [0.717, 1.165) is 10.9 Å². The van der Waals surface area contributed by atoms with Gasteiger partial charge >= 0.3 is 0 Å². The number of unbranched alkanes of at least 4 members (excludes halogenated alkanes) is 7. The summed E-state index contributed by atoms with van der Waals surface area (Å²) >= 11 is 3.50. The summed E-state index contributed by atoms with van der Waals surface area (Å²) in [5.41, 5.74) is 0.928. The van der Waals surface area contributed by atoms with E-state index in [1.165, 1.54) is 87.5 Å². The number of alkyl halides is 1. The van der Waals surface area contributed by atoms with Crippen LogP contribution in [0, 0.1) is 6.92 Å². The molecule has 164 valence electrons. The number of nitrogens with zero attached hydrogens (tertiary/aromatic N) is 1. The van der Waals surface area contributed by atoms with Gasteiger partial charge in [-0.15, -0.1) is 0 Å². The monoisotopic (exact) mass is 477 g/mol. The Balaban J connectivity index is 0.000000567. The zero-order valence-electron chi connectivity index (χ0n) is 18.3. The van der Waals surface area contributed by atoms with Gasteiger partial charge in [0.2, 0.25) is 0 Å². The quantitative estimate of drug-likeness (QED) is 0.154. The molecule has 0 spiro atoms. The van der Waals surface area contributed by atoms with Gasteiger partial charge in [0.05, 0.1) is 32.1 Å². The van der Waals surface area contributed by atoms with Gasteiger partial charge in [0, 0.05) is 5.33 Å². The molecule has 0 saturated heterocycles. The normalized spacial score (nSPS) is 11.8. The number of benzene rings is 1. The van der Waals surface area contributed by atoms with Crippen LogP contribution < -0.4 is 0 Å². The van der Waals surface area contributed by atoms with Crippen LogP contribution in [0.5, 0.6) is 0 Å². The molecule has 0 heterocycles. The highest BCUT2D eigenvalue weighted by Crippen LogP contribution is 2.10. The number of rotatable bonds is 13. The van der Waals surface area contributed by atoms with E-state index in [-0.39, 0.29) is 4.90 Å². The third kappa shape index (κ3) is 15.5. The Morgan fingerprint density at radius 1 is 0.857 bits per heavy atom. The molecule has 4 nitrogen and oxygen atoms in total. The molecule has 0 aliphatic heterocycles. The Hall–Kier alpha value is -0.430. The van der Waals surface area contributed by atoms with Crippen molar-refractivity contribution in [3.05, 3.63) is 29.8 Å². The Labute approximate surface area is 182 Å². The molecular weight excluding hydrogens is 438 g/mol.